The smallest absolute Gasteiger partial charge is 0.340 e. The fraction of sp³-hybridized carbons (Fsp3) is 0.267. The fourth-order valence-electron chi connectivity index (χ4n) is 2.13. The summed E-state index contributed by atoms with van der Waals surface area (Å²) in [7, 11) is 0.195. The van der Waals surface area contributed by atoms with Crippen LogP contribution in [-0.4, -0.2) is 60.7 Å². The molecule has 0 aliphatic heterocycles. The van der Waals surface area contributed by atoms with Gasteiger partial charge in [0.15, 0.2) is 5.82 Å². The lowest BCUT2D eigenvalue weighted by atomic mass is 10.4. The maximum Gasteiger partial charge on any atom is 0.340 e. The predicted molar refractivity (Wildman–Crippen MR) is 105 cm³/mol. The average molecular weight is 444 g/mol. The largest absolute Gasteiger partial charge is 0.755 e. The summed E-state index contributed by atoms with van der Waals surface area (Å²) in [6, 6.07) is 4.36. The van der Waals surface area contributed by atoms with Crippen LogP contribution < -0.4 is 23.4 Å². The summed E-state index contributed by atoms with van der Waals surface area (Å²) in [5.41, 5.74) is -0.120. The molecule has 14 heteroatoms. The van der Waals surface area contributed by atoms with E-state index >= 15 is 0 Å². The van der Waals surface area contributed by atoms with Crippen LogP contribution in [0.1, 0.15) is 0 Å². The standard InChI is InChI=1S/C15H19N5O7S2/c1-19(29(4,24)25)11-6-5-7-16-14(11)20(28(22)23)15(21)18-12-8-10(26-2)9-13(17-12)27-3/h5-9H,1-4H3,(H,22,23)(H,17,18,21)/p-1. The third kappa shape index (κ3) is 5.30. The van der Waals surface area contributed by atoms with Crippen molar-refractivity contribution in [3.63, 3.8) is 0 Å². The zero-order valence-electron chi connectivity index (χ0n) is 15.8. The van der Waals surface area contributed by atoms with E-state index in [1.807, 2.05) is 0 Å². The van der Waals surface area contributed by atoms with Gasteiger partial charge in [0, 0.05) is 25.4 Å². The summed E-state index contributed by atoms with van der Waals surface area (Å²) >= 11 is -3.13. The van der Waals surface area contributed by atoms with Crippen LogP contribution in [0.2, 0.25) is 0 Å². The molecule has 0 saturated carbocycles. The van der Waals surface area contributed by atoms with Crippen LogP contribution in [0.15, 0.2) is 30.5 Å². The average Bonchev–Trinajstić information content (AvgIpc) is 2.66. The first-order valence-corrected chi connectivity index (χ1v) is 10.7. The molecule has 0 fully saturated rings. The third-order valence-electron chi connectivity index (χ3n) is 3.58. The zero-order valence-corrected chi connectivity index (χ0v) is 17.5. The highest BCUT2D eigenvalue weighted by Gasteiger charge is 2.26. The number of anilines is 3. The molecule has 2 amide bonds. The summed E-state index contributed by atoms with van der Waals surface area (Å²) in [5, 5.41) is 2.29. The maximum absolute atomic E-state index is 12.7. The van der Waals surface area contributed by atoms with Gasteiger partial charge >= 0.3 is 6.03 Å². The molecule has 1 unspecified atom stereocenters. The number of rotatable bonds is 7. The normalized spacial score (nSPS) is 12.0. The van der Waals surface area contributed by atoms with Crippen LogP contribution in [-0.2, 0) is 21.3 Å². The van der Waals surface area contributed by atoms with Gasteiger partial charge in [-0.2, -0.15) is 4.98 Å². The van der Waals surface area contributed by atoms with Crippen molar-refractivity contribution in [2.45, 2.75) is 0 Å². The molecular formula is C15H18N5O7S2-. The SMILES string of the molecule is COc1cc(NC(=O)N(c2ncccc2N(C)S(C)(=O)=O)S(=O)[O-])nc(OC)c1. The van der Waals surface area contributed by atoms with Gasteiger partial charge in [0.05, 0.1) is 37.4 Å². The van der Waals surface area contributed by atoms with Gasteiger partial charge in [-0.3, -0.25) is 13.8 Å². The molecular weight excluding hydrogens is 426 g/mol. The Kier molecular flexibility index (Phi) is 6.94. The molecule has 12 nitrogen and oxygen atoms in total. The molecule has 0 saturated heterocycles. The fourth-order valence-corrected chi connectivity index (χ4v) is 3.09. The number of aromatic nitrogens is 2. The summed E-state index contributed by atoms with van der Waals surface area (Å²) in [5.74, 6) is -0.0567. The lowest BCUT2D eigenvalue weighted by Crippen LogP contribution is -2.39. The molecule has 2 aromatic heterocycles. The second-order valence-corrected chi connectivity index (χ2v) is 8.27. The molecule has 0 aromatic carbocycles. The molecule has 29 heavy (non-hydrogen) atoms. The van der Waals surface area contributed by atoms with Gasteiger partial charge in [-0.1, -0.05) is 0 Å². The number of carbonyl (C=O) groups excluding carboxylic acids is 1. The monoisotopic (exact) mass is 444 g/mol. The Morgan fingerprint density at radius 3 is 2.52 bits per heavy atom. The van der Waals surface area contributed by atoms with Crippen molar-refractivity contribution in [2.24, 2.45) is 0 Å². The molecule has 158 valence electrons. The van der Waals surface area contributed by atoms with Crippen molar-refractivity contribution < 1.29 is 31.4 Å². The predicted octanol–water partition coefficient (Wildman–Crippen LogP) is 0.722. The summed E-state index contributed by atoms with van der Waals surface area (Å²) < 4.78 is 58.4. The number of ether oxygens (including phenoxy) is 2. The minimum atomic E-state index is -3.75. The van der Waals surface area contributed by atoms with E-state index in [1.165, 1.54) is 51.7 Å². The van der Waals surface area contributed by atoms with Crippen LogP contribution in [0, 0.1) is 0 Å². The van der Waals surface area contributed by atoms with E-state index < -0.39 is 33.1 Å². The number of hydrogen-bond acceptors (Lipinski definition) is 9. The number of carbonyl (C=O) groups is 1. The second kappa shape index (κ2) is 9.02. The van der Waals surface area contributed by atoms with Gasteiger partial charge in [0.1, 0.15) is 11.6 Å². The highest BCUT2D eigenvalue weighted by molar-refractivity contribution is 7.92. The van der Waals surface area contributed by atoms with Crippen molar-refractivity contribution in [1.82, 2.24) is 9.97 Å². The van der Waals surface area contributed by atoms with Crippen LogP contribution >= 0.6 is 0 Å². The van der Waals surface area contributed by atoms with Crippen molar-refractivity contribution in [2.75, 3.05) is 41.5 Å². The van der Waals surface area contributed by atoms with E-state index in [9.17, 15) is 22.0 Å². The number of hydrogen-bond donors (Lipinski definition) is 1. The minimum absolute atomic E-state index is 0.0596. The number of urea groups is 1. The van der Waals surface area contributed by atoms with Gasteiger partial charge in [0.2, 0.25) is 15.9 Å². The van der Waals surface area contributed by atoms with Gasteiger partial charge in [-0.05, 0) is 12.1 Å². The Bertz CT molecular complexity index is 1010. The molecule has 1 atom stereocenters. The Morgan fingerprint density at radius 1 is 1.28 bits per heavy atom. The molecule has 0 aliphatic rings. The van der Waals surface area contributed by atoms with E-state index in [0.717, 1.165) is 10.6 Å². The second-order valence-electron chi connectivity index (χ2n) is 5.45. The number of nitrogens with one attached hydrogen (secondary N) is 1. The van der Waals surface area contributed by atoms with E-state index in [-0.39, 0.29) is 21.7 Å². The Balaban J connectivity index is 2.46. The summed E-state index contributed by atoms with van der Waals surface area (Å²) in [6.45, 7) is 0. The van der Waals surface area contributed by atoms with E-state index in [1.54, 1.807) is 0 Å². The highest BCUT2D eigenvalue weighted by atomic mass is 32.2. The van der Waals surface area contributed by atoms with Crippen molar-refractivity contribution in [3.05, 3.63) is 30.5 Å². The molecule has 1 N–H and O–H groups in total. The summed E-state index contributed by atoms with van der Waals surface area (Å²) in [6.07, 6.45) is 2.14. The van der Waals surface area contributed by atoms with Crippen LogP contribution in [0.3, 0.4) is 0 Å². The number of amides is 2. The number of nitrogens with zero attached hydrogens (tertiary/aromatic N) is 4. The Morgan fingerprint density at radius 2 is 1.97 bits per heavy atom. The highest BCUT2D eigenvalue weighted by Crippen LogP contribution is 2.29. The first-order valence-electron chi connectivity index (χ1n) is 7.78. The first kappa shape index (κ1) is 22.3. The van der Waals surface area contributed by atoms with E-state index in [4.69, 9.17) is 9.47 Å². The Labute approximate surface area is 169 Å². The zero-order chi connectivity index (χ0) is 21.8. The van der Waals surface area contributed by atoms with Gasteiger partial charge in [-0.25, -0.2) is 22.5 Å². The maximum atomic E-state index is 12.7. The van der Waals surface area contributed by atoms with Crippen LogP contribution in [0.25, 0.3) is 0 Å². The van der Waals surface area contributed by atoms with Gasteiger partial charge in [-0.15, -0.1) is 0 Å². The lowest BCUT2D eigenvalue weighted by molar-refractivity contribution is 0.259. The molecule has 2 heterocycles. The van der Waals surface area contributed by atoms with Gasteiger partial charge < -0.3 is 14.0 Å². The molecule has 0 bridgehead atoms. The molecule has 2 rings (SSSR count). The molecule has 2 aromatic rings. The van der Waals surface area contributed by atoms with Crippen molar-refractivity contribution in [1.29, 1.82) is 0 Å². The third-order valence-corrected chi connectivity index (χ3v) is 5.41. The van der Waals surface area contributed by atoms with Gasteiger partial charge in [0.25, 0.3) is 0 Å². The topological polar surface area (TPSA) is 154 Å². The quantitative estimate of drug-likeness (QED) is 0.608. The van der Waals surface area contributed by atoms with Crippen molar-refractivity contribution >= 4 is 44.6 Å². The van der Waals surface area contributed by atoms with Crippen LogP contribution in [0.4, 0.5) is 22.1 Å². The first-order chi connectivity index (χ1) is 13.6. The molecule has 0 aliphatic carbocycles. The lowest BCUT2D eigenvalue weighted by Gasteiger charge is -2.27. The van der Waals surface area contributed by atoms with E-state index in [0.29, 0.717) is 5.75 Å². The number of pyridine rings is 2. The van der Waals surface area contributed by atoms with E-state index in [2.05, 4.69) is 15.3 Å². The van der Waals surface area contributed by atoms with Crippen molar-refractivity contribution in [3.8, 4) is 11.6 Å². The van der Waals surface area contributed by atoms with Crippen LogP contribution in [0.5, 0.6) is 11.6 Å². The summed E-state index contributed by atoms with van der Waals surface area (Å²) in [4.78, 5) is 20.5. The Hall–Kier alpha value is -2.97. The minimum Gasteiger partial charge on any atom is -0.755 e. The number of methoxy groups -OCH3 is 2. The molecule has 0 spiro atoms. The molecule has 0 radical (unpaired) electrons. The number of sulfonamides is 1.